The molecule has 0 aliphatic heterocycles. The molecule has 6 nitrogen and oxygen atoms in total. The number of halogens is 1. The summed E-state index contributed by atoms with van der Waals surface area (Å²) in [6.07, 6.45) is 1.37. The zero-order valence-electron chi connectivity index (χ0n) is 12.7. The molecule has 2 heterocycles. The summed E-state index contributed by atoms with van der Waals surface area (Å²) in [6, 6.07) is 12.0. The van der Waals surface area contributed by atoms with Crippen molar-refractivity contribution in [2.75, 3.05) is 5.32 Å². The van der Waals surface area contributed by atoms with E-state index < -0.39 is 5.95 Å². The first-order valence-electron chi connectivity index (χ1n) is 7.19. The summed E-state index contributed by atoms with van der Waals surface area (Å²) in [5.41, 5.74) is 1.36. The lowest BCUT2D eigenvalue weighted by Crippen LogP contribution is -2.22. The number of aromatic amines is 1. The molecule has 1 amide bonds. The number of pyridine rings is 1. The van der Waals surface area contributed by atoms with E-state index in [1.54, 1.807) is 13.0 Å². The highest BCUT2D eigenvalue weighted by Crippen LogP contribution is 2.23. The molecule has 0 fully saturated rings. The van der Waals surface area contributed by atoms with Gasteiger partial charge in [0, 0.05) is 17.4 Å². The summed E-state index contributed by atoms with van der Waals surface area (Å²) < 4.78 is 12.8. The fourth-order valence-electron chi connectivity index (χ4n) is 1.93. The van der Waals surface area contributed by atoms with Gasteiger partial charge >= 0.3 is 0 Å². The van der Waals surface area contributed by atoms with Gasteiger partial charge in [-0.1, -0.05) is 30.0 Å². The van der Waals surface area contributed by atoms with Gasteiger partial charge in [0.15, 0.2) is 11.0 Å². The Morgan fingerprint density at radius 1 is 1.21 bits per heavy atom. The number of H-pyrrole nitrogens is 1. The minimum atomic E-state index is -0.556. The summed E-state index contributed by atoms with van der Waals surface area (Å²) in [6.45, 7) is 1.78. The third-order valence-electron chi connectivity index (χ3n) is 3.17. The number of thioether (sulfide) groups is 1. The van der Waals surface area contributed by atoms with E-state index in [-0.39, 0.29) is 11.2 Å². The van der Waals surface area contributed by atoms with Crippen LogP contribution in [0.4, 0.5) is 10.1 Å². The highest BCUT2D eigenvalue weighted by atomic mass is 32.2. The van der Waals surface area contributed by atoms with Gasteiger partial charge in [-0.15, -0.1) is 10.2 Å². The quantitative estimate of drug-likeness (QED) is 0.549. The summed E-state index contributed by atoms with van der Waals surface area (Å²) in [4.78, 5) is 18.8. The Balaban J connectivity index is 1.63. The molecule has 1 unspecified atom stereocenters. The minimum Gasteiger partial charge on any atom is -0.325 e. The third kappa shape index (κ3) is 3.96. The summed E-state index contributed by atoms with van der Waals surface area (Å²) >= 11 is 1.25. The lowest BCUT2D eigenvalue weighted by Gasteiger charge is -2.10. The number of rotatable bonds is 5. The molecule has 1 aromatic carbocycles. The number of nitrogens with one attached hydrogen (secondary N) is 2. The molecule has 1 atom stereocenters. The van der Waals surface area contributed by atoms with Crippen LogP contribution in [0.25, 0.3) is 11.4 Å². The van der Waals surface area contributed by atoms with Gasteiger partial charge in [-0.3, -0.25) is 4.79 Å². The Bertz CT molecular complexity index is 822. The number of para-hydroxylation sites is 1. The van der Waals surface area contributed by atoms with Crippen molar-refractivity contribution in [2.45, 2.75) is 17.3 Å². The summed E-state index contributed by atoms with van der Waals surface area (Å²) in [5.74, 6) is -0.215. The molecule has 2 N–H and O–H groups in total. The van der Waals surface area contributed by atoms with Gasteiger partial charge in [-0.25, -0.2) is 4.98 Å². The number of aromatic nitrogens is 4. The number of carbonyl (C=O) groups excluding carboxylic acids is 1. The molecule has 0 aliphatic rings. The fourth-order valence-corrected chi connectivity index (χ4v) is 2.68. The van der Waals surface area contributed by atoms with Crippen LogP contribution in [-0.4, -0.2) is 31.3 Å². The van der Waals surface area contributed by atoms with Crippen molar-refractivity contribution in [2.24, 2.45) is 0 Å². The second kappa shape index (κ2) is 7.22. The Morgan fingerprint density at radius 3 is 2.71 bits per heavy atom. The molecule has 0 saturated heterocycles. The minimum absolute atomic E-state index is 0.132. The number of nitrogens with zero attached hydrogens (tertiary/aromatic N) is 3. The standard InChI is InChI=1S/C16H14FN5OS/c1-10(15(23)19-12-5-3-2-4-6-12)24-16-20-14(21-22-16)11-7-8-13(17)18-9-11/h2-10H,1H3,(H,19,23)(H,20,21,22). The summed E-state index contributed by atoms with van der Waals surface area (Å²) in [7, 11) is 0. The molecule has 122 valence electrons. The zero-order valence-corrected chi connectivity index (χ0v) is 13.5. The van der Waals surface area contributed by atoms with E-state index in [9.17, 15) is 9.18 Å². The van der Waals surface area contributed by atoms with E-state index in [0.717, 1.165) is 5.69 Å². The van der Waals surface area contributed by atoms with Gasteiger partial charge in [-0.2, -0.15) is 4.39 Å². The van der Waals surface area contributed by atoms with Gasteiger partial charge in [0.1, 0.15) is 0 Å². The highest BCUT2D eigenvalue weighted by molar-refractivity contribution is 8.00. The topological polar surface area (TPSA) is 83.6 Å². The van der Waals surface area contributed by atoms with Crippen LogP contribution >= 0.6 is 11.8 Å². The SMILES string of the molecule is CC(Sc1nnc(-c2ccc(F)nc2)[nH]1)C(=O)Nc1ccccc1. The number of benzene rings is 1. The normalized spacial score (nSPS) is 11.9. The van der Waals surface area contributed by atoms with Crippen LogP contribution in [0.1, 0.15) is 6.92 Å². The van der Waals surface area contributed by atoms with Crippen LogP contribution in [0.3, 0.4) is 0 Å². The van der Waals surface area contributed by atoms with Gasteiger partial charge in [0.25, 0.3) is 0 Å². The number of amides is 1. The third-order valence-corrected chi connectivity index (χ3v) is 4.14. The molecular formula is C16H14FN5OS. The molecule has 0 radical (unpaired) electrons. The van der Waals surface area contributed by atoms with E-state index in [2.05, 4.69) is 25.5 Å². The van der Waals surface area contributed by atoms with Crippen LogP contribution in [0.5, 0.6) is 0 Å². The van der Waals surface area contributed by atoms with Crippen LogP contribution in [0.2, 0.25) is 0 Å². The molecule has 8 heteroatoms. The van der Waals surface area contributed by atoms with Crippen molar-refractivity contribution in [1.82, 2.24) is 20.2 Å². The largest absolute Gasteiger partial charge is 0.325 e. The predicted molar refractivity (Wildman–Crippen MR) is 90.0 cm³/mol. The van der Waals surface area contributed by atoms with Crippen LogP contribution in [-0.2, 0) is 4.79 Å². The highest BCUT2D eigenvalue weighted by Gasteiger charge is 2.17. The van der Waals surface area contributed by atoms with Gasteiger partial charge < -0.3 is 10.3 Å². The first kappa shape index (κ1) is 16.1. The number of hydrogen-bond acceptors (Lipinski definition) is 5. The van der Waals surface area contributed by atoms with Gasteiger partial charge in [0.05, 0.1) is 5.25 Å². The number of hydrogen-bond donors (Lipinski definition) is 2. The number of carbonyl (C=O) groups is 1. The van der Waals surface area contributed by atoms with Gasteiger partial charge in [-0.05, 0) is 31.2 Å². The van der Waals surface area contributed by atoms with E-state index in [1.807, 2.05) is 30.3 Å². The first-order valence-corrected chi connectivity index (χ1v) is 8.07. The zero-order chi connectivity index (χ0) is 16.9. The van der Waals surface area contributed by atoms with Crippen molar-refractivity contribution in [1.29, 1.82) is 0 Å². The van der Waals surface area contributed by atoms with E-state index in [1.165, 1.54) is 24.0 Å². The molecule has 0 saturated carbocycles. The first-order chi connectivity index (χ1) is 11.6. The average molecular weight is 343 g/mol. The molecule has 0 aliphatic carbocycles. The second-order valence-electron chi connectivity index (χ2n) is 4.96. The smallest absolute Gasteiger partial charge is 0.237 e. The molecule has 2 aromatic heterocycles. The lowest BCUT2D eigenvalue weighted by atomic mass is 10.3. The molecule has 3 rings (SSSR count). The van der Waals surface area contributed by atoms with E-state index in [0.29, 0.717) is 16.5 Å². The van der Waals surface area contributed by atoms with Crippen LogP contribution < -0.4 is 5.32 Å². The fraction of sp³-hybridized carbons (Fsp3) is 0.125. The molecular weight excluding hydrogens is 329 g/mol. The Hall–Kier alpha value is -2.74. The molecule has 24 heavy (non-hydrogen) atoms. The predicted octanol–water partition coefficient (Wildman–Crippen LogP) is 3.13. The molecule has 3 aromatic rings. The Labute approximate surface area is 141 Å². The Morgan fingerprint density at radius 2 is 2.00 bits per heavy atom. The van der Waals surface area contributed by atoms with Gasteiger partial charge in [0.2, 0.25) is 11.9 Å². The maximum absolute atomic E-state index is 12.8. The lowest BCUT2D eigenvalue weighted by molar-refractivity contribution is -0.115. The van der Waals surface area contributed by atoms with Crippen LogP contribution in [0, 0.1) is 5.95 Å². The maximum atomic E-state index is 12.8. The van der Waals surface area contributed by atoms with E-state index >= 15 is 0 Å². The number of anilines is 1. The van der Waals surface area contributed by atoms with Crippen LogP contribution in [0.15, 0.2) is 53.8 Å². The maximum Gasteiger partial charge on any atom is 0.237 e. The van der Waals surface area contributed by atoms with Crippen molar-refractivity contribution in [3.63, 3.8) is 0 Å². The monoisotopic (exact) mass is 343 g/mol. The van der Waals surface area contributed by atoms with Crippen molar-refractivity contribution in [3.05, 3.63) is 54.6 Å². The van der Waals surface area contributed by atoms with Crippen molar-refractivity contribution in [3.8, 4) is 11.4 Å². The van der Waals surface area contributed by atoms with Crippen molar-refractivity contribution < 1.29 is 9.18 Å². The Kier molecular flexibility index (Phi) is 4.85. The average Bonchev–Trinajstić information content (AvgIpc) is 3.05. The van der Waals surface area contributed by atoms with E-state index in [4.69, 9.17) is 0 Å². The van der Waals surface area contributed by atoms with Crippen molar-refractivity contribution >= 4 is 23.4 Å². The summed E-state index contributed by atoms with van der Waals surface area (Å²) in [5, 5.41) is 11.0. The second-order valence-corrected chi connectivity index (χ2v) is 6.29. The molecule has 0 bridgehead atoms. The molecule has 0 spiro atoms.